The predicted octanol–water partition coefficient (Wildman–Crippen LogP) is 4.63. The standard InChI is InChI=1S/C31H32N4.Mg/c1-9-21-19(7)26-12-25-17(5)18(6)30(34-25)29-14(2)10-22-20(8)27(35-31(22)29)11-23-15(3)16(4)24(32-23)13-28(21)33-26;/h9,11-14,17-18H,1,10H2,2-8H3;/q-4;+2/b23-11-,24-13-,25-12-,30-29-;/t14-,17-,18-;/m0./s1. The Balaban J connectivity index is 0.00000267. The van der Waals surface area contributed by atoms with Crippen molar-refractivity contribution < 1.29 is 0 Å². The molecule has 3 aromatic rings. The molecular formula is C31H32MgN4-2. The summed E-state index contributed by atoms with van der Waals surface area (Å²) < 4.78 is 0. The molecule has 36 heavy (non-hydrogen) atoms. The van der Waals surface area contributed by atoms with E-state index in [4.69, 9.17) is 20.3 Å². The first-order chi connectivity index (χ1) is 16.7. The Hall–Kier alpha value is -2.63. The van der Waals surface area contributed by atoms with Crippen LogP contribution in [0.1, 0.15) is 76.9 Å². The minimum Gasteiger partial charge on any atom is -0.664 e. The average Bonchev–Trinajstić information content (AvgIpc) is 3.54. The van der Waals surface area contributed by atoms with Crippen molar-refractivity contribution in [3.8, 4) is 0 Å². The molecule has 0 N–H and O–H groups in total. The molecule has 1 fully saturated rings. The van der Waals surface area contributed by atoms with E-state index in [-0.39, 0.29) is 23.1 Å². The van der Waals surface area contributed by atoms with Crippen LogP contribution in [0.3, 0.4) is 0 Å². The molecule has 1 saturated heterocycles. The van der Waals surface area contributed by atoms with Crippen LogP contribution in [0.2, 0.25) is 0 Å². The van der Waals surface area contributed by atoms with Gasteiger partial charge in [0.1, 0.15) is 0 Å². The smallest absolute Gasteiger partial charge is 0.664 e. The Morgan fingerprint density at radius 3 is 2.08 bits per heavy atom. The first kappa shape index (κ1) is 25.0. The third kappa shape index (κ3) is 3.46. The van der Waals surface area contributed by atoms with Gasteiger partial charge in [0, 0.05) is 0 Å². The van der Waals surface area contributed by atoms with Crippen LogP contribution in [0.25, 0.3) is 35.2 Å². The molecule has 6 rings (SSSR count). The van der Waals surface area contributed by atoms with Gasteiger partial charge in [0.05, 0.1) is 0 Å². The number of hydrogen-bond acceptors (Lipinski definition) is 0. The molecule has 180 valence electrons. The van der Waals surface area contributed by atoms with E-state index in [2.05, 4.69) is 73.3 Å². The van der Waals surface area contributed by atoms with Crippen molar-refractivity contribution in [1.29, 1.82) is 0 Å². The molecular weight excluding hydrogens is 453 g/mol. The SMILES string of the molecule is C=Cc1c2[n-]c(c1C)/C=C1\[N-]/C(=C3\c4[n-]c(c(C)c4C[C@@H]3C)/C=c3\[n-]/c(c(C)c3C)=C\2)[C@@H](C)[C@@H]1C.[Mg+2]. The molecule has 0 spiro atoms. The van der Waals surface area contributed by atoms with Crippen LogP contribution in [0, 0.1) is 45.4 Å². The molecule has 4 nitrogen and oxygen atoms in total. The number of aromatic nitrogens is 3. The Bertz CT molecular complexity index is 1600. The first-order valence-corrected chi connectivity index (χ1v) is 12.7. The molecule has 1 aliphatic carbocycles. The number of allylic oxidation sites excluding steroid dienone is 3. The normalized spacial score (nSPS) is 27.3. The molecule has 3 aliphatic rings. The fraction of sp³-hybridized carbons (Fsp3) is 0.355. The molecule has 8 bridgehead atoms. The van der Waals surface area contributed by atoms with Crippen LogP contribution < -0.4 is 25.7 Å². The zero-order valence-corrected chi connectivity index (χ0v) is 23.9. The van der Waals surface area contributed by atoms with E-state index in [1.54, 1.807) is 0 Å². The Kier molecular flexibility index (Phi) is 6.08. The monoisotopic (exact) mass is 484 g/mol. The van der Waals surface area contributed by atoms with Crippen molar-refractivity contribution in [2.75, 3.05) is 0 Å². The molecule has 0 saturated carbocycles. The van der Waals surface area contributed by atoms with Gasteiger partial charge in [-0.25, -0.2) is 0 Å². The van der Waals surface area contributed by atoms with E-state index < -0.39 is 0 Å². The summed E-state index contributed by atoms with van der Waals surface area (Å²) in [5.74, 6) is 1.09. The minimum atomic E-state index is 0. The van der Waals surface area contributed by atoms with E-state index in [0.717, 1.165) is 56.7 Å². The predicted molar refractivity (Wildman–Crippen MR) is 150 cm³/mol. The van der Waals surface area contributed by atoms with Gasteiger partial charge in [-0.3, -0.25) is 0 Å². The molecule has 3 atom stereocenters. The van der Waals surface area contributed by atoms with Crippen LogP contribution in [0.5, 0.6) is 0 Å². The van der Waals surface area contributed by atoms with Crippen molar-refractivity contribution in [2.24, 2.45) is 17.8 Å². The zero-order chi connectivity index (χ0) is 24.8. The van der Waals surface area contributed by atoms with Gasteiger partial charge in [-0.05, 0) is 57.4 Å². The second-order valence-corrected chi connectivity index (χ2v) is 10.7. The Morgan fingerprint density at radius 2 is 1.42 bits per heavy atom. The third-order valence-electron chi connectivity index (χ3n) is 8.70. The van der Waals surface area contributed by atoms with E-state index in [9.17, 15) is 0 Å². The molecule has 5 heteroatoms. The van der Waals surface area contributed by atoms with Crippen molar-refractivity contribution in [1.82, 2.24) is 15.0 Å². The summed E-state index contributed by atoms with van der Waals surface area (Å²) in [6.45, 7) is 19.6. The molecule has 5 heterocycles. The number of hydrogen-bond donors (Lipinski definition) is 0. The van der Waals surface area contributed by atoms with E-state index in [1.807, 2.05) is 6.08 Å². The van der Waals surface area contributed by atoms with E-state index in [0.29, 0.717) is 17.8 Å². The van der Waals surface area contributed by atoms with Gasteiger partial charge >= 0.3 is 23.1 Å². The van der Waals surface area contributed by atoms with Gasteiger partial charge in [-0.1, -0.05) is 85.0 Å². The summed E-state index contributed by atoms with van der Waals surface area (Å²) in [6, 6.07) is 0. The zero-order valence-electron chi connectivity index (χ0n) is 22.5. The van der Waals surface area contributed by atoms with Crippen molar-refractivity contribution in [3.05, 3.63) is 90.1 Å². The van der Waals surface area contributed by atoms with Crippen LogP contribution in [0.15, 0.2) is 18.0 Å². The fourth-order valence-corrected chi connectivity index (χ4v) is 6.01. The van der Waals surface area contributed by atoms with Crippen LogP contribution in [-0.4, -0.2) is 23.1 Å². The molecule has 0 radical (unpaired) electrons. The number of rotatable bonds is 1. The maximum absolute atomic E-state index is 5.25. The summed E-state index contributed by atoms with van der Waals surface area (Å²) in [6.07, 6.45) is 9.39. The second kappa shape index (κ2) is 8.74. The molecule has 0 aromatic carbocycles. The topological polar surface area (TPSA) is 56.4 Å². The summed E-state index contributed by atoms with van der Waals surface area (Å²) in [4.78, 5) is 15.3. The summed E-state index contributed by atoms with van der Waals surface area (Å²) in [5.41, 5.74) is 14.9. The summed E-state index contributed by atoms with van der Waals surface area (Å²) in [7, 11) is 0. The average molecular weight is 485 g/mol. The maximum Gasteiger partial charge on any atom is 2.00 e. The van der Waals surface area contributed by atoms with Gasteiger partial charge in [0.15, 0.2) is 0 Å². The Morgan fingerprint density at radius 1 is 0.778 bits per heavy atom. The largest absolute Gasteiger partial charge is 2.00 e. The van der Waals surface area contributed by atoms with E-state index >= 15 is 0 Å². The molecule has 0 amide bonds. The van der Waals surface area contributed by atoms with Crippen LogP contribution in [-0.2, 0) is 6.42 Å². The number of fused-ring (bicyclic) bond motifs is 7. The van der Waals surface area contributed by atoms with Crippen molar-refractivity contribution >= 4 is 52.9 Å². The Labute approximate surface area is 229 Å². The maximum atomic E-state index is 5.25. The molecule has 3 aromatic heterocycles. The fourth-order valence-electron chi connectivity index (χ4n) is 6.01. The quantitative estimate of drug-likeness (QED) is 0.473. The first-order valence-electron chi connectivity index (χ1n) is 12.7. The minimum absolute atomic E-state index is 0. The van der Waals surface area contributed by atoms with Crippen molar-refractivity contribution in [2.45, 2.75) is 54.9 Å². The number of nitrogens with zero attached hydrogens (tertiary/aromatic N) is 4. The molecule has 2 aliphatic heterocycles. The van der Waals surface area contributed by atoms with Crippen LogP contribution in [0.4, 0.5) is 0 Å². The van der Waals surface area contributed by atoms with Gasteiger partial charge < -0.3 is 20.3 Å². The summed E-state index contributed by atoms with van der Waals surface area (Å²) >= 11 is 0. The van der Waals surface area contributed by atoms with E-state index in [1.165, 1.54) is 33.5 Å². The van der Waals surface area contributed by atoms with Gasteiger partial charge in [0.2, 0.25) is 0 Å². The second-order valence-electron chi connectivity index (χ2n) is 10.7. The van der Waals surface area contributed by atoms with Crippen molar-refractivity contribution in [3.63, 3.8) is 0 Å². The van der Waals surface area contributed by atoms with Crippen LogP contribution >= 0.6 is 0 Å². The third-order valence-corrected chi connectivity index (χ3v) is 8.70. The van der Waals surface area contributed by atoms with Gasteiger partial charge in [-0.15, -0.1) is 33.5 Å². The molecule has 0 unspecified atom stereocenters. The van der Waals surface area contributed by atoms with Gasteiger partial charge in [0.25, 0.3) is 0 Å². The van der Waals surface area contributed by atoms with Gasteiger partial charge in [-0.2, -0.15) is 11.4 Å². The summed E-state index contributed by atoms with van der Waals surface area (Å²) in [5, 5.41) is 7.20.